The number of aromatic nitrogens is 1. The molecule has 3 rings (SSSR count). The van der Waals surface area contributed by atoms with E-state index in [-0.39, 0.29) is 11.5 Å². The molecule has 0 saturated carbocycles. The van der Waals surface area contributed by atoms with Crippen LogP contribution < -0.4 is 5.73 Å². The number of halogens is 1. The average molecular weight is 343 g/mol. The summed E-state index contributed by atoms with van der Waals surface area (Å²) in [6.45, 7) is 4.55. The van der Waals surface area contributed by atoms with Gasteiger partial charge in [-0.15, -0.1) is 22.7 Å². The van der Waals surface area contributed by atoms with Crippen LogP contribution in [-0.4, -0.2) is 4.98 Å². The lowest BCUT2D eigenvalue weighted by atomic mass is 9.77. The first kappa shape index (κ1) is 12.8. The van der Waals surface area contributed by atoms with Gasteiger partial charge >= 0.3 is 0 Å². The highest BCUT2D eigenvalue weighted by molar-refractivity contribution is 9.11. The van der Waals surface area contributed by atoms with E-state index in [1.54, 1.807) is 22.7 Å². The zero-order chi connectivity index (χ0) is 12.9. The number of hydrogen-bond acceptors (Lipinski definition) is 4. The van der Waals surface area contributed by atoms with Crippen LogP contribution >= 0.6 is 38.6 Å². The zero-order valence-electron chi connectivity index (χ0n) is 10.4. The molecule has 1 aliphatic carbocycles. The van der Waals surface area contributed by atoms with E-state index in [1.807, 2.05) is 0 Å². The average Bonchev–Trinajstić information content (AvgIpc) is 2.82. The normalized spacial score (nSPS) is 21.9. The monoisotopic (exact) mass is 342 g/mol. The van der Waals surface area contributed by atoms with E-state index in [9.17, 15) is 0 Å². The van der Waals surface area contributed by atoms with Crippen molar-refractivity contribution in [3.05, 3.63) is 26.5 Å². The van der Waals surface area contributed by atoms with Gasteiger partial charge in [-0.05, 0) is 46.3 Å². The van der Waals surface area contributed by atoms with E-state index in [1.165, 1.54) is 15.4 Å². The number of nitrogens with two attached hydrogens (primary N) is 1. The van der Waals surface area contributed by atoms with E-state index in [4.69, 9.17) is 10.7 Å². The summed E-state index contributed by atoms with van der Waals surface area (Å²) in [6, 6.07) is 4.35. The summed E-state index contributed by atoms with van der Waals surface area (Å²) in [5.74, 6) is 0. The van der Waals surface area contributed by atoms with Gasteiger partial charge in [-0.3, -0.25) is 0 Å². The third kappa shape index (κ3) is 2.29. The minimum Gasteiger partial charge on any atom is -0.323 e. The van der Waals surface area contributed by atoms with E-state index < -0.39 is 0 Å². The largest absolute Gasteiger partial charge is 0.323 e. The third-order valence-electron chi connectivity index (χ3n) is 3.27. The molecule has 2 heterocycles. The number of fused-ring (bicyclic) bond motifs is 1. The molecular formula is C13H15BrN2S2. The highest BCUT2D eigenvalue weighted by Gasteiger charge is 2.33. The van der Waals surface area contributed by atoms with Gasteiger partial charge in [-0.1, -0.05) is 13.8 Å². The highest BCUT2D eigenvalue weighted by atomic mass is 79.9. The Balaban J connectivity index is 2.02. The van der Waals surface area contributed by atoms with Crippen molar-refractivity contribution in [2.24, 2.45) is 11.1 Å². The maximum absolute atomic E-state index is 6.28. The lowest BCUT2D eigenvalue weighted by Gasteiger charge is -2.32. The molecule has 0 spiro atoms. The molecule has 96 valence electrons. The van der Waals surface area contributed by atoms with Crippen molar-refractivity contribution in [3.63, 3.8) is 0 Å². The molecule has 0 saturated heterocycles. The molecular weight excluding hydrogens is 328 g/mol. The van der Waals surface area contributed by atoms with E-state index in [2.05, 4.69) is 41.9 Å². The third-order valence-corrected chi connectivity index (χ3v) is 6.29. The van der Waals surface area contributed by atoms with Crippen molar-refractivity contribution in [1.29, 1.82) is 0 Å². The van der Waals surface area contributed by atoms with Crippen molar-refractivity contribution < 1.29 is 0 Å². The van der Waals surface area contributed by atoms with Crippen LogP contribution in [0.25, 0.3) is 9.88 Å². The minimum atomic E-state index is 0.151. The Bertz CT molecular complexity index is 586. The van der Waals surface area contributed by atoms with Crippen LogP contribution in [0.1, 0.15) is 36.9 Å². The Morgan fingerprint density at radius 3 is 2.83 bits per heavy atom. The van der Waals surface area contributed by atoms with Gasteiger partial charge in [0, 0.05) is 10.9 Å². The fraction of sp³-hybridized carbons (Fsp3) is 0.462. The molecule has 2 N–H and O–H groups in total. The van der Waals surface area contributed by atoms with E-state index in [0.717, 1.165) is 21.6 Å². The lowest BCUT2D eigenvalue weighted by molar-refractivity contribution is 0.282. The van der Waals surface area contributed by atoms with E-state index >= 15 is 0 Å². The first-order chi connectivity index (χ1) is 8.44. The fourth-order valence-electron chi connectivity index (χ4n) is 2.53. The maximum atomic E-state index is 6.28. The van der Waals surface area contributed by atoms with Gasteiger partial charge in [0.1, 0.15) is 5.01 Å². The molecule has 2 aromatic heterocycles. The van der Waals surface area contributed by atoms with Gasteiger partial charge in [-0.2, -0.15) is 0 Å². The predicted octanol–water partition coefficient (Wildman–Crippen LogP) is 4.61. The van der Waals surface area contributed by atoms with Gasteiger partial charge in [0.25, 0.3) is 0 Å². The molecule has 0 aliphatic heterocycles. The second kappa shape index (κ2) is 4.40. The summed E-state index contributed by atoms with van der Waals surface area (Å²) < 4.78 is 1.15. The number of nitrogens with zero attached hydrogens (tertiary/aromatic N) is 1. The van der Waals surface area contributed by atoms with Crippen LogP contribution in [0.4, 0.5) is 0 Å². The minimum absolute atomic E-state index is 0.151. The quantitative estimate of drug-likeness (QED) is 0.821. The summed E-state index contributed by atoms with van der Waals surface area (Å²) in [5.41, 5.74) is 7.77. The Labute approximate surface area is 123 Å². The second-order valence-electron chi connectivity index (χ2n) is 5.59. The molecule has 0 amide bonds. The maximum Gasteiger partial charge on any atom is 0.133 e. The molecule has 0 fully saturated rings. The topological polar surface area (TPSA) is 38.9 Å². The van der Waals surface area contributed by atoms with Crippen molar-refractivity contribution in [2.75, 3.05) is 0 Å². The summed E-state index contributed by atoms with van der Waals surface area (Å²) >= 11 is 7.00. The predicted molar refractivity (Wildman–Crippen MR) is 82.2 cm³/mol. The van der Waals surface area contributed by atoms with Crippen LogP contribution in [0.3, 0.4) is 0 Å². The summed E-state index contributed by atoms with van der Waals surface area (Å²) in [4.78, 5) is 7.32. The molecule has 0 radical (unpaired) electrons. The van der Waals surface area contributed by atoms with Gasteiger partial charge in [-0.25, -0.2) is 4.98 Å². The Kier molecular flexibility index (Phi) is 3.13. The summed E-state index contributed by atoms with van der Waals surface area (Å²) in [6.07, 6.45) is 2.09. The number of hydrogen-bond donors (Lipinski definition) is 1. The summed E-state index contributed by atoms with van der Waals surface area (Å²) in [7, 11) is 0. The number of rotatable bonds is 1. The van der Waals surface area contributed by atoms with Crippen molar-refractivity contribution >= 4 is 38.6 Å². The van der Waals surface area contributed by atoms with Crippen LogP contribution in [0, 0.1) is 5.41 Å². The SMILES string of the molecule is CC1(C)Cc2nc(-c3ccc(Br)s3)sc2C(N)C1. The van der Waals surface area contributed by atoms with Gasteiger partial charge < -0.3 is 5.73 Å². The highest BCUT2D eigenvalue weighted by Crippen LogP contribution is 2.44. The van der Waals surface area contributed by atoms with Crippen molar-refractivity contribution in [3.8, 4) is 9.88 Å². The fourth-order valence-corrected chi connectivity index (χ4v) is 5.05. The molecule has 0 aromatic carbocycles. The lowest BCUT2D eigenvalue weighted by Crippen LogP contribution is -2.28. The molecule has 1 atom stereocenters. The first-order valence-electron chi connectivity index (χ1n) is 5.95. The molecule has 5 heteroatoms. The molecule has 0 bridgehead atoms. The van der Waals surface area contributed by atoms with Gasteiger partial charge in [0.05, 0.1) is 14.4 Å². The Morgan fingerprint density at radius 2 is 2.17 bits per heavy atom. The van der Waals surface area contributed by atoms with Crippen LogP contribution in [-0.2, 0) is 6.42 Å². The van der Waals surface area contributed by atoms with Crippen molar-refractivity contribution in [2.45, 2.75) is 32.7 Å². The van der Waals surface area contributed by atoms with Crippen molar-refractivity contribution in [1.82, 2.24) is 4.98 Å². The number of thiazole rings is 1. The Morgan fingerprint density at radius 1 is 1.39 bits per heavy atom. The van der Waals surface area contributed by atoms with Crippen LogP contribution in [0.5, 0.6) is 0 Å². The molecule has 2 nitrogen and oxygen atoms in total. The summed E-state index contributed by atoms with van der Waals surface area (Å²) in [5, 5.41) is 1.11. The zero-order valence-corrected chi connectivity index (χ0v) is 13.6. The molecule has 1 unspecified atom stereocenters. The molecule has 1 aliphatic rings. The smallest absolute Gasteiger partial charge is 0.133 e. The van der Waals surface area contributed by atoms with Gasteiger partial charge in [0.2, 0.25) is 0 Å². The second-order valence-corrected chi connectivity index (χ2v) is 9.08. The van der Waals surface area contributed by atoms with Crippen LogP contribution in [0.15, 0.2) is 15.9 Å². The Hall–Kier alpha value is -0.230. The molecule has 18 heavy (non-hydrogen) atoms. The van der Waals surface area contributed by atoms with E-state index in [0.29, 0.717) is 0 Å². The van der Waals surface area contributed by atoms with Crippen LogP contribution in [0.2, 0.25) is 0 Å². The number of thiophene rings is 1. The standard InChI is InChI=1S/C13H15BrN2S2/c1-13(2)5-7(15)11-8(6-13)16-12(18-11)9-3-4-10(14)17-9/h3-4,7H,5-6,15H2,1-2H3. The molecule has 2 aromatic rings. The first-order valence-corrected chi connectivity index (χ1v) is 8.38. The van der Waals surface area contributed by atoms with Gasteiger partial charge in [0.15, 0.2) is 0 Å².